The zero-order valence-electron chi connectivity index (χ0n) is 10.2. The summed E-state index contributed by atoms with van der Waals surface area (Å²) in [7, 11) is 0. The molecule has 0 amide bonds. The number of allylic oxidation sites excluding steroid dienone is 1. The Morgan fingerprint density at radius 3 is 2.62 bits per heavy atom. The highest BCUT2D eigenvalue weighted by atomic mass is 16.5. The van der Waals surface area contributed by atoms with Gasteiger partial charge in [-0.15, -0.1) is 0 Å². The molecule has 1 rings (SSSR count). The molecule has 1 aromatic rings. The van der Waals surface area contributed by atoms with Crippen LogP contribution >= 0.6 is 0 Å². The van der Waals surface area contributed by atoms with E-state index in [0.29, 0.717) is 12.2 Å². The molecule has 0 radical (unpaired) electrons. The van der Waals surface area contributed by atoms with Gasteiger partial charge in [-0.05, 0) is 49.6 Å². The minimum atomic E-state index is -0.0392. The summed E-state index contributed by atoms with van der Waals surface area (Å²) in [5.74, 6) is 0.822. The molecule has 0 unspecified atom stereocenters. The van der Waals surface area contributed by atoms with Gasteiger partial charge in [0, 0.05) is 5.56 Å². The molecule has 0 aliphatic heterocycles. The van der Waals surface area contributed by atoms with E-state index in [4.69, 9.17) is 4.74 Å². The molecular weight excluding hydrogens is 200 g/mol. The monoisotopic (exact) mass is 218 g/mol. The smallest absolute Gasteiger partial charge is 0.185 e. The van der Waals surface area contributed by atoms with Crippen LogP contribution in [0.15, 0.2) is 24.8 Å². The van der Waals surface area contributed by atoms with Crippen LogP contribution in [0.4, 0.5) is 0 Å². The summed E-state index contributed by atoms with van der Waals surface area (Å²) in [4.78, 5) is 11.6. The Labute approximate surface area is 96.9 Å². The van der Waals surface area contributed by atoms with Crippen LogP contribution < -0.4 is 4.74 Å². The van der Waals surface area contributed by atoms with E-state index in [2.05, 4.69) is 13.5 Å². The summed E-state index contributed by atoms with van der Waals surface area (Å²) in [6, 6.07) is 3.66. The molecule has 0 bridgehead atoms. The van der Waals surface area contributed by atoms with E-state index in [1.54, 1.807) is 6.07 Å². The van der Waals surface area contributed by atoms with Crippen LogP contribution in [0.2, 0.25) is 0 Å². The molecule has 2 heteroatoms. The molecule has 0 spiro atoms. The lowest BCUT2D eigenvalue weighted by Gasteiger charge is -2.12. The highest BCUT2D eigenvalue weighted by Crippen LogP contribution is 2.24. The van der Waals surface area contributed by atoms with E-state index in [9.17, 15) is 4.79 Å². The maximum absolute atomic E-state index is 11.6. The average Bonchev–Trinajstić information content (AvgIpc) is 2.30. The number of hydrogen-bond acceptors (Lipinski definition) is 2. The predicted octanol–water partition coefficient (Wildman–Crippen LogP) is 3.46. The molecule has 0 aliphatic rings. The Morgan fingerprint density at radius 1 is 1.38 bits per heavy atom. The molecule has 16 heavy (non-hydrogen) atoms. The molecule has 0 fully saturated rings. The summed E-state index contributed by atoms with van der Waals surface area (Å²) in [6.45, 7) is 10.2. The topological polar surface area (TPSA) is 26.3 Å². The summed E-state index contributed by atoms with van der Waals surface area (Å²) >= 11 is 0. The highest BCUT2D eigenvalue weighted by molar-refractivity contribution is 6.05. The lowest BCUT2D eigenvalue weighted by molar-refractivity contribution is 0.104. The molecule has 86 valence electrons. The van der Waals surface area contributed by atoms with Gasteiger partial charge in [0.25, 0.3) is 0 Å². The van der Waals surface area contributed by atoms with Gasteiger partial charge in [0.2, 0.25) is 0 Å². The number of hydrogen-bond donors (Lipinski definition) is 0. The largest absolute Gasteiger partial charge is 0.493 e. The van der Waals surface area contributed by atoms with Gasteiger partial charge in [-0.25, -0.2) is 0 Å². The first-order valence-corrected chi connectivity index (χ1v) is 5.51. The van der Waals surface area contributed by atoms with Crippen molar-refractivity contribution in [1.82, 2.24) is 0 Å². The molecule has 0 atom stereocenters. The maximum atomic E-state index is 11.6. The third-order valence-corrected chi connectivity index (χ3v) is 2.65. The number of rotatable bonds is 5. The van der Waals surface area contributed by atoms with Crippen molar-refractivity contribution in [2.75, 3.05) is 6.61 Å². The number of ketones is 1. The van der Waals surface area contributed by atoms with Crippen LogP contribution in [0.1, 0.15) is 34.8 Å². The van der Waals surface area contributed by atoms with Crippen LogP contribution in [-0.4, -0.2) is 12.4 Å². The number of carbonyl (C=O) groups is 1. The quantitative estimate of drug-likeness (QED) is 0.559. The van der Waals surface area contributed by atoms with E-state index in [-0.39, 0.29) is 5.78 Å². The van der Waals surface area contributed by atoms with Gasteiger partial charge >= 0.3 is 0 Å². The lowest BCUT2D eigenvalue weighted by Crippen LogP contribution is -2.03. The average molecular weight is 218 g/mol. The third kappa shape index (κ3) is 2.51. The molecule has 0 aromatic heterocycles. The van der Waals surface area contributed by atoms with Crippen molar-refractivity contribution < 1.29 is 9.53 Å². The Bertz CT molecular complexity index is 405. The lowest BCUT2D eigenvalue weighted by atomic mass is 9.99. The number of ether oxygens (including phenoxy) is 1. The van der Waals surface area contributed by atoms with Crippen molar-refractivity contribution in [3.8, 4) is 5.75 Å². The van der Waals surface area contributed by atoms with Crippen LogP contribution in [0, 0.1) is 13.8 Å². The van der Waals surface area contributed by atoms with Gasteiger partial charge in [-0.2, -0.15) is 0 Å². The minimum absolute atomic E-state index is 0.0392. The van der Waals surface area contributed by atoms with E-state index in [1.165, 1.54) is 6.08 Å². The molecule has 2 nitrogen and oxygen atoms in total. The van der Waals surface area contributed by atoms with Crippen molar-refractivity contribution in [3.05, 3.63) is 41.5 Å². The van der Waals surface area contributed by atoms with Gasteiger partial charge in [-0.3, -0.25) is 4.79 Å². The second kappa shape index (κ2) is 5.50. The Hall–Kier alpha value is -1.57. The van der Waals surface area contributed by atoms with E-state index in [1.807, 2.05) is 19.9 Å². The Morgan fingerprint density at radius 2 is 2.06 bits per heavy atom. The van der Waals surface area contributed by atoms with Crippen molar-refractivity contribution >= 4 is 5.78 Å². The minimum Gasteiger partial charge on any atom is -0.493 e. The van der Waals surface area contributed by atoms with Crippen molar-refractivity contribution in [2.45, 2.75) is 27.2 Å². The summed E-state index contributed by atoms with van der Waals surface area (Å²) in [6.07, 6.45) is 2.32. The zero-order chi connectivity index (χ0) is 12.1. The van der Waals surface area contributed by atoms with E-state index in [0.717, 1.165) is 23.3 Å². The third-order valence-electron chi connectivity index (χ3n) is 2.65. The molecule has 1 aromatic carbocycles. The van der Waals surface area contributed by atoms with Gasteiger partial charge in [0.15, 0.2) is 5.78 Å². The first-order valence-electron chi connectivity index (χ1n) is 5.51. The zero-order valence-corrected chi connectivity index (χ0v) is 10.2. The number of benzene rings is 1. The predicted molar refractivity (Wildman–Crippen MR) is 66.2 cm³/mol. The molecule has 0 saturated carbocycles. The Kier molecular flexibility index (Phi) is 4.29. The van der Waals surface area contributed by atoms with E-state index < -0.39 is 0 Å². The van der Waals surface area contributed by atoms with E-state index >= 15 is 0 Å². The van der Waals surface area contributed by atoms with Crippen LogP contribution in [-0.2, 0) is 0 Å². The SMILES string of the molecule is C=CC(=O)c1ccc(OCCC)c(C)c1C. The van der Waals surface area contributed by atoms with Crippen LogP contribution in [0.5, 0.6) is 5.75 Å². The first-order chi connectivity index (χ1) is 7.61. The normalized spacial score (nSPS) is 9.94. The first kappa shape index (κ1) is 12.5. The molecule has 0 saturated heterocycles. The van der Waals surface area contributed by atoms with Crippen molar-refractivity contribution in [3.63, 3.8) is 0 Å². The number of carbonyl (C=O) groups excluding carboxylic acids is 1. The van der Waals surface area contributed by atoms with Gasteiger partial charge in [-0.1, -0.05) is 13.5 Å². The maximum Gasteiger partial charge on any atom is 0.185 e. The van der Waals surface area contributed by atoms with Gasteiger partial charge in [0.1, 0.15) is 5.75 Å². The van der Waals surface area contributed by atoms with Gasteiger partial charge in [0.05, 0.1) is 6.61 Å². The standard InChI is InChI=1S/C14H18O2/c1-5-9-16-14-8-7-12(13(15)6-2)10(3)11(14)4/h6-8H,2,5,9H2,1,3-4H3. The summed E-state index contributed by atoms with van der Waals surface area (Å²) in [5, 5.41) is 0. The van der Waals surface area contributed by atoms with Crippen LogP contribution in [0.25, 0.3) is 0 Å². The van der Waals surface area contributed by atoms with Gasteiger partial charge < -0.3 is 4.74 Å². The molecule has 0 heterocycles. The van der Waals surface area contributed by atoms with Crippen molar-refractivity contribution in [2.24, 2.45) is 0 Å². The second-order valence-corrected chi connectivity index (χ2v) is 3.78. The highest BCUT2D eigenvalue weighted by Gasteiger charge is 2.10. The Balaban J connectivity index is 3.07. The summed E-state index contributed by atoms with van der Waals surface area (Å²) < 4.78 is 5.60. The van der Waals surface area contributed by atoms with Crippen molar-refractivity contribution in [1.29, 1.82) is 0 Å². The fourth-order valence-electron chi connectivity index (χ4n) is 1.54. The second-order valence-electron chi connectivity index (χ2n) is 3.78. The molecular formula is C14H18O2. The molecule has 0 N–H and O–H groups in total. The van der Waals surface area contributed by atoms with Crippen LogP contribution in [0.3, 0.4) is 0 Å². The fraction of sp³-hybridized carbons (Fsp3) is 0.357. The molecule has 0 aliphatic carbocycles. The fourth-order valence-corrected chi connectivity index (χ4v) is 1.54. The summed E-state index contributed by atoms with van der Waals surface area (Å²) in [5.41, 5.74) is 2.70.